The van der Waals surface area contributed by atoms with Crippen molar-refractivity contribution in [1.29, 1.82) is 0 Å². The van der Waals surface area contributed by atoms with Crippen molar-refractivity contribution in [2.24, 2.45) is 0 Å². The summed E-state index contributed by atoms with van der Waals surface area (Å²) in [6, 6.07) is 18.3. The lowest BCUT2D eigenvalue weighted by Gasteiger charge is -2.34. The number of anilines is 1. The van der Waals surface area contributed by atoms with Crippen LogP contribution in [0.5, 0.6) is 0 Å². The third-order valence-corrected chi connectivity index (χ3v) is 6.19. The molecule has 1 fully saturated rings. The molecule has 3 aromatic rings. The Morgan fingerprint density at radius 3 is 2.52 bits per heavy atom. The van der Waals surface area contributed by atoms with Crippen molar-refractivity contribution in [3.63, 3.8) is 0 Å². The van der Waals surface area contributed by atoms with Gasteiger partial charge in [0.2, 0.25) is 11.1 Å². The number of aromatic nitrogens is 4. The lowest BCUT2D eigenvalue weighted by Crippen LogP contribution is -2.42. The van der Waals surface area contributed by atoms with Crippen LogP contribution in [0, 0.1) is 6.92 Å². The average molecular weight is 408 g/mol. The fourth-order valence-electron chi connectivity index (χ4n) is 3.80. The van der Waals surface area contributed by atoms with Crippen LogP contribution in [-0.2, 0) is 4.79 Å². The zero-order valence-corrected chi connectivity index (χ0v) is 17.4. The Kier molecular flexibility index (Phi) is 6.24. The Morgan fingerprint density at radius 1 is 1.07 bits per heavy atom. The van der Waals surface area contributed by atoms with Gasteiger partial charge in [0.1, 0.15) is 0 Å². The van der Waals surface area contributed by atoms with Gasteiger partial charge in [0.15, 0.2) is 0 Å². The molecule has 1 amide bonds. The first kappa shape index (κ1) is 19.6. The highest BCUT2D eigenvalue weighted by Crippen LogP contribution is 2.29. The summed E-state index contributed by atoms with van der Waals surface area (Å²) in [5.41, 5.74) is 3.04. The molecule has 6 nitrogen and oxygen atoms in total. The molecular weight excluding hydrogens is 382 g/mol. The number of carbonyl (C=O) groups excluding carboxylic acids is 1. The van der Waals surface area contributed by atoms with Gasteiger partial charge in [0.25, 0.3) is 0 Å². The lowest BCUT2D eigenvalue weighted by atomic mass is 9.93. The van der Waals surface area contributed by atoms with Crippen LogP contribution in [0.2, 0.25) is 0 Å². The molecule has 7 heteroatoms. The maximum absolute atomic E-state index is 13.3. The summed E-state index contributed by atoms with van der Waals surface area (Å²) in [4.78, 5) is 15.3. The van der Waals surface area contributed by atoms with E-state index in [0.717, 1.165) is 24.2 Å². The Labute approximate surface area is 175 Å². The number of para-hydroxylation sites is 1. The van der Waals surface area contributed by atoms with Gasteiger partial charge in [-0.05, 0) is 54.5 Å². The normalized spacial score (nSPS) is 14.7. The molecule has 0 atom stereocenters. The van der Waals surface area contributed by atoms with Crippen molar-refractivity contribution < 1.29 is 4.79 Å². The fraction of sp³-hybridized carbons (Fsp3) is 0.364. The number of rotatable bonds is 6. The summed E-state index contributed by atoms with van der Waals surface area (Å²) >= 11 is 1.38. The number of benzene rings is 2. The summed E-state index contributed by atoms with van der Waals surface area (Å²) in [5.74, 6) is 0.406. The van der Waals surface area contributed by atoms with Crippen molar-refractivity contribution in [2.45, 2.75) is 50.2 Å². The summed E-state index contributed by atoms with van der Waals surface area (Å²) in [6.45, 7) is 2.04. The minimum absolute atomic E-state index is 0.103. The Hall–Kier alpha value is -2.67. The predicted molar refractivity (Wildman–Crippen MR) is 115 cm³/mol. The molecule has 1 aliphatic carbocycles. The van der Waals surface area contributed by atoms with Gasteiger partial charge in [-0.15, -0.1) is 5.10 Å². The van der Waals surface area contributed by atoms with Crippen molar-refractivity contribution >= 4 is 23.4 Å². The number of amides is 1. The van der Waals surface area contributed by atoms with Crippen LogP contribution < -0.4 is 4.90 Å². The number of aryl methyl sites for hydroxylation is 1. The molecule has 0 N–H and O–H groups in total. The number of hydrogen-bond donors (Lipinski definition) is 0. The second-order valence-corrected chi connectivity index (χ2v) is 8.33. The molecule has 1 aliphatic rings. The van der Waals surface area contributed by atoms with Crippen LogP contribution in [0.3, 0.4) is 0 Å². The molecule has 0 unspecified atom stereocenters. The number of tetrazole rings is 1. The highest BCUT2D eigenvalue weighted by molar-refractivity contribution is 7.99. The van der Waals surface area contributed by atoms with E-state index in [4.69, 9.17) is 0 Å². The van der Waals surface area contributed by atoms with Crippen LogP contribution in [0.4, 0.5) is 5.69 Å². The molecule has 150 valence electrons. The molecular formula is C22H25N5OS. The topological polar surface area (TPSA) is 63.9 Å². The van der Waals surface area contributed by atoms with Gasteiger partial charge < -0.3 is 4.90 Å². The SMILES string of the molecule is Cc1ccc(-n2nnnc2SCC(=O)N(c2ccccc2)C2CCCCC2)cc1. The number of carbonyl (C=O) groups is 1. The smallest absolute Gasteiger partial charge is 0.237 e. The summed E-state index contributed by atoms with van der Waals surface area (Å²) < 4.78 is 1.69. The Morgan fingerprint density at radius 2 is 1.79 bits per heavy atom. The second-order valence-electron chi connectivity index (χ2n) is 7.39. The molecule has 2 aromatic carbocycles. The molecule has 4 rings (SSSR count). The first-order valence-corrected chi connectivity index (χ1v) is 11.1. The zero-order valence-electron chi connectivity index (χ0n) is 16.6. The maximum atomic E-state index is 13.3. The van der Waals surface area contributed by atoms with Gasteiger partial charge >= 0.3 is 0 Å². The number of nitrogens with zero attached hydrogens (tertiary/aromatic N) is 5. The molecule has 1 heterocycles. The molecule has 29 heavy (non-hydrogen) atoms. The lowest BCUT2D eigenvalue weighted by molar-refractivity contribution is -0.116. The standard InChI is InChI=1S/C22H25N5OS/c1-17-12-14-20(15-13-17)27-22(23-24-25-27)29-16-21(28)26(18-8-4-2-5-9-18)19-10-6-3-7-11-19/h2,4-5,8-9,12-15,19H,3,6-7,10-11,16H2,1H3. The van der Waals surface area contributed by atoms with Crippen LogP contribution in [-0.4, -0.2) is 37.9 Å². The summed E-state index contributed by atoms with van der Waals surface area (Å²) in [7, 11) is 0. The molecule has 0 bridgehead atoms. The van der Waals surface area contributed by atoms with E-state index in [-0.39, 0.29) is 11.9 Å². The third kappa shape index (κ3) is 4.67. The van der Waals surface area contributed by atoms with Crippen molar-refractivity contribution in [2.75, 3.05) is 10.7 Å². The summed E-state index contributed by atoms with van der Waals surface area (Å²) in [5, 5.41) is 12.7. The van der Waals surface area contributed by atoms with Crippen LogP contribution >= 0.6 is 11.8 Å². The largest absolute Gasteiger partial charge is 0.309 e. The quantitative estimate of drug-likeness (QED) is 0.566. The van der Waals surface area contributed by atoms with E-state index in [2.05, 4.69) is 15.5 Å². The van der Waals surface area contributed by atoms with Crippen LogP contribution in [0.15, 0.2) is 59.8 Å². The van der Waals surface area contributed by atoms with E-state index < -0.39 is 0 Å². The van der Waals surface area contributed by atoms with Gasteiger partial charge in [-0.2, -0.15) is 4.68 Å². The van der Waals surface area contributed by atoms with Gasteiger partial charge in [0.05, 0.1) is 11.4 Å². The average Bonchev–Trinajstić information content (AvgIpc) is 3.23. The van der Waals surface area contributed by atoms with Crippen molar-refractivity contribution in [1.82, 2.24) is 20.2 Å². The van der Waals surface area contributed by atoms with Crippen LogP contribution in [0.25, 0.3) is 5.69 Å². The first-order chi connectivity index (χ1) is 14.2. The Bertz CT molecular complexity index is 935. The van der Waals surface area contributed by atoms with Crippen molar-refractivity contribution in [3.8, 4) is 5.69 Å². The molecule has 0 aliphatic heterocycles. The van der Waals surface area contributed by atoms with E-state index in [9.17, 15) is 4.79 Å². The van der Waals surface area contributed by atoms with Crippen molar-refractivity contribution in [3.05, 3.63) is 60.2 Å². The minimum Gasteiger partial charge on any atom is -0.309 e. The van der Waals surface area contributed by atoms with Gasteiger partial charge in [-0.3, -0.25) is 4.79 Å². The highest BCUT2D eigenvalue weighted by atomic mass is 32.2. The molecule has 0 saturated heterocycles. The summed E-state index contributed by atoms with van der Waals surface area (Å²) in [6.07, 6.45) is 5.74. The Balaban J connectivity index is 1.50. The van der Waals surface area contributed by atoms with E-state index >= 15 is 0 Å². The molecule has 1 aromatic heterocycles. The van der Waals surface area contributed by atoms with Gasteiger partial charge in [-0.1, -0.05) is 66.9 Å². The highest BCUT2D eigenvalue weighted by Gasteiger charge is 2.27. The minimum atomic E-state index is 0.103. The third-order valence-electron chi connectivity index (χ3n) is 5.29. The monoisotopic (exact) mass is 407 g/mol. The number of thioether (sulfide) groups is 1. The van der Waals surface area contributed by atoms with Crippen LogP contribution in [0.1, 0.15) is 37.7 Å². The zero-order chi connectivity index (χ0) is 20.1. The molecule has 1 saturated carbocycles. The fourth-order valence-corrected chi connectivity index (χ4v) is 4.55. The van der Waals surface area contributed by atoms with E-state index in [1.807, 2.05) is 66.4 Å². The van der Waals surface area contributed by atoms with E-state index in [1.54, 1.807) is 4.68 Å². The molecule has 0 spiro atoms. The second kappa shape index (κ2) is 9.22. The van der Waals surface area contributed by atoms with E-state index in [1.165, 1.54) is 36.6 Å². The van der Waals surface area contributed by atoms with Gasteiger partial charge in [0, 0.05) is 11.7 Å². The maximum Gasteiger partial charge on any atom is 0.237 e. The van der Waals surface area contributed by atoms with Gasteiger partial charge in [-0.25, -0.2) is 0 Å². The first-order valence-electron chi connectivity index (χ1n) is 10.1. The molecule has 0 radical (unpaired) electrons. The van der Waals surface area contributed by atoms with E-state index in [0.29, 0.717) is 10.9 Å². The number of hydrogen-bond acceptors (Lipinski definition) is 5. The predicted octanol–water partition coefficient (Wildman–Crippen LogP) is 4.43.